The van der Waals surface area contributed by atoms with Crippen LogP contribution in [-0.4, -0.2) is 43.2 Å². The smallest absolute Gasteiger partial charge is 0.322 e. The van der Waals surface area contributed by atoms with Crippen LogP contribution in [0.3, 0.4) is 0 Å². The Morgan fingerprint density at radius 1 is 1.33 bits per heavy atom. The highest BCUT2D eigenvalue weighted by molar-refractivity contribution is 5.75. The topological polar surface area (TPSA) is 55.6 Å². The molecule has 0 spiro atoms. The number of nitrogens with zero attached hydrogens (tertiary/aromatic N) is 1. The number of hydrogen-bond donors (Lipinski definition) is 1. The van der Waals surface area contributed by atoms with Gasteiger partial charge < -0.3 is 10.5 Å². The van der Waals surface area contributed by atoms with Crippen molar-refractivity contribution in [3.8, 4) is 0 Å². The van der Waals surface area contributed by atoms with Crippen molar-refractivity contribution in [1.82, 2.24) is 4.90 Å². The molecule has 2 bridgehead atoms. The van der Waals surface area contributed by atoms with Crippen molar-refractivity contribution in [1.29, 1.82) is 0 Å². The number of methoxy groups -OCH3 is 1. The lowest BCUT2D eigenvalue weighted by Crippen LogP contribution is -2.55. The minimum Gasteiger partial charge on any atom is -0.468 e. The fourth-order valence-corrected chi connectivity index (χ4v) is 4.66. The van der Waals surface area contributed by atoms with Gasteiger partial charge in [-0.3, -0.25) is 9.69 Å². The maximum atomic E-state index is 11.5. The molecular formula is C14H24N2O2. The van der Waals surface area contributed by atoms with Crippen LogP contribution >= 0.6 is 0 Å². The summed E-state index contributed by atoms with van der Waals surface area (Å²) in [7, 11) is 1.42. The Bertz CT molecular complexity index is 326. The monoisotopic (exact) mass is 252 g/mol. The number of hydrogen-bond acceptors (Lipinski definition) is 4. The molecule has 0 radical (unpaired) electrons. The van der Waals surface area contributed by atoms with Crippen LogP contribution in [0.5, 0.6) is 0 Å². The summed E-state index contributed by atoms with van der Waals surface area (Å²) >= 11 is 0. The lowest BCUT2D eigenvalue weighted by Gasteiger charge is -2.50. The second kappa shape index (κ2) is 4.82. The zero-order valence-corrected chi connectivity index (χ0v) is 11.2. The number of fused-ring (bicyclic) bond motifs is 2. The lowest BCUT2D eigenvalue weighted by atomic mass is 9.73. The minimum absolute atomic E-state index is 0.255. The van der Waals surface area contributed by atoms with Crippen molar-refractivity contribution in [3.63, 3.8) is 0 Å². The molecule has 0 aromatic carbocycles. The average molecular weight is 252 g/mol. The van der Waals surface area contributed by atoms with E-state index in [1.165, 1.54) is 45.9 Å². The molecule has 3 saturated heterocycles. The summed E-state index contributed by atoms with van der Waals surface area (Å²) in [4.78, 5) is 14.1. The molecule has 0 amide bonds. The SMILES string of the molecule is COC(=O)C(N)CC1CCC2C3CCN(CC3)C12. The van der Waals surface area contributed by atoms with Gasteiger partial charge in [0, 0.05) is 6.04 Å². The third-order valence-corrected chi connectivity index (χ3v) is 5.45. The highest BCUT2D eigenvalue weighted by atomic mass is 16.5. The van der Waals surface area contributed by atoms with Gasteiger partial charge >= 0.3 is 5.97 Å². The van der Waals surface area contributed by atoms with Crippen LogP contribution in [-0.2, 0) is 9.53 Å². The third-order valence-electron chi connectivity index (χ3n) is 5.45. The quantitative estimate of drug-likeness (QED) is 0.761. The molecule has 4 unspecified atom stereocenters. The van der Waals surface area contributed by atoms with Gasteiger partial charge in [-0.25, -0.2) is 0 Å². The maximum Gasteiger partial charge on any atom is 0.322 e. The van der Waals surface area contributed by atoms with Crippen molar-refractivity contribution in [2.45, 2.75) is 44.2 Å². The molecule has 0 aromatic heterocycles. The third kappa shape index (κ3) is 1.95. The summed E-state index contributed by atoms with van der Waals surface area (Å²) in [5, 5.41) is 0. The fraction of sp³-hybridized carbons (Fsp3) is 0.929. The van der Waals surface area contributed by atoms with E-state index in [2.05, 4.69) is 4.90 Å². The normalized spacial score (nSPS) is 43.6. The first-order chi connectivity index (χ1) is 8.70. The molecule has 4 nitrogen and oxygen atoms in total. The number of carbonyl (C=O) groups excluding carboxylic acids is 1. The van der Waals surface area contributed by atoms with Crippen LogP contribution in [0.15, 0.2) is 0 Å². The van der Waals surface area contributed by atoms with Gasteiger partial charge in [0.15, 0.2) is 0 Å². The average Bonchev–Trinajstić information content (AvgIpc) is 2.85. The van der Waals surface area contributed by atoms with E-state index in [1.54, 1.807) is 0 Å². The van der Waals surface area contributed by atoms with E-state index in [4.69, 9.17) is 10.5 Å². The van der Waals surface area contributed by atoms with Gasteiger partial charge in [0.1, 0.15) is 6.04 Å². The highest BCUT2D eigenvalue weighted by Crippen LogP contribution is 2.49. The molecule has 18 heavy (non-hydrogen) atoms. The molecule has 4 fully saturated rings. The van der Waals surface area contributed by atoms with Gasteiger partial charge in [0.25, 0.3) is 0 Å². The number of carbonyl (C=O) groups is 1. The van der Waals surface area contributed by atoms with Crippen LogP contribution in [0, 0.1) is 17.8 Å². The van der Waals surface area contributed by atoms with Gasteiger partial charge in [0.2, 0.25) is 0 Å². The standard InChI is InChI=1S/C14H24N2O2/c1-18-14(17)12(15)8-10-2-3-11-9-4-6-16(7-5-9)13(10)11/h9-13H,2-8,15H2,1H3. The molecule has 1 aliphatic carbocycles. The molecular weight excluding hydrogens is 228 g/mol. The first-order valence-corrected chi connectivity index (χ1v) is 7.28. The van der Waals surface area contributed by atoms with Gasteiger partial charge in [-0.15, -0.1) is 0 Å². The Kier molecular flexibility index (Phi) is 3.32. The Morgan fingerprint density at radius 2 is 2.06 bits per heavy atom. The molecule has 4 aliphatic rings. The van der Waals surface area contributed by atoms with E-state index in [0.29, 0.717) is 12.0 Å². The van der Waals surface area contributed by atoms with Crippen LogP contribution in [0.1, 0.15) is 32.1 Å². The Balaban J connectivity index is 1.66. The van der Waals surface area contributed by atoms with E-state index < -0.39 is 6.04 Å². The predicted octanol–water partition coefficient (Wildman–Crippen LogP) is 0.997. The lowest BCUT2D eigenvalue weighted by molar-refractivity contribution is -0.142. The summed E-state index contributed by atoms with van der Waals surface area (Å²) < 4.78 is 4.74. The summed E-state index contributed by atoms with van der Waals surface area (Å²) in [6.45, 7) is 2.52. The van der Waals surface area contributed by atoms with E-state index in [0.717, 1.165) is 18.3 Å². The molecule has 2 N–H and O–H groups in total. The molecule has 3 aliphatic heterocycles. The van der Waals surface area contributed by atoms with Crippen molar-refractivity contribution in [2.75, 3.05) is 20.2 Å². The first kappa shape index (κ1) is 12.4. The molecule has 4 heteroatoms. The highest BCUT2D eigenvalue weighted by Gasteiger charge is 2.49. The van der Waals surface area contributed by atoms with Crippen LogP contribution in [0.25, 0.3) is 0 Å². The molecule has 4 rings (SSSR count). The molecule has 0 aromatic rings. The molecule has 102 valence electrons. The summed E-state index contributed by atoms with van der Waals surface area (Å²) in [5.41, 5.74) is 5.93. The number of rotatable bonds is 3. The molecule has 4 atom stereocenters. The predicted molar refractivity (Wildman–Crippen MR) is 68.9 cm³/mol. The number of nitrogens with two attached hydrogens (primary N) is 1. The van der Waals surface area contributed by atoms with E-state index >= 15 is 0 Å². The van der Waals surface area contributed by atoms with Crippen molar-refractivity contribution >= 4 is 5.97 Å². The second-order valence-electron chi connectivity index (χ2n) is 6.23. The number of ether oxygens (including phenoxy) is 1. The van der Waals surface area contributed by atoms with Gasteiger partial charge in [-0.2, -0.15) is 0 Å². The fourth-order valence-electron chi connectivity index (χ4n) is 4.66. The summed E-state index contributed by atoms with van der Waals surface area (Å²) in [6.07, 6.45) is 6.16. The van der Waals surface area contributed by atoms with Crippen LogP contribution in [0.4, 0.5) is 0 Å². The van der Waals surface area contributed by atoms with Gasteiger partial charge in [-0.05, 0) is 62.9 Å². The Morgan fingerprint density at radius 3 is 2.72 bits per heavy atom. The minimum atomic E-state index is -0.430. The Labute approximate surface area is 109 Å². The van der Waals surface area contributed by atoms with Crippen molar-refractivity contribution < 1.29 is 9.53 Å². The van der Waals surface area contributed by atoms with Crippen LogP contribution < -0.4 is 5.73 Å². The van der Waals surface area contributed by atoms with Gasteiger partial charge in [-0.1, -0.05) is 0 Å². The Hall–Kier alpha value is -0.610. The second-order valence-corrected chi connectivity index (χ2v) is 6.23. The zero-order valence-electron chi connectivity index (χ0n) is 11.2. The van der Waals surface area contributed by atoms with Crippen molar-refractivity contribution in [3.05, 3.63) is 0 Å². The maximum absolute atomic E-state index is 11.5. The van der Waals surface area contributed by atoms with E-state index in [1.807, 2.05) is 0 Å². The number of esters is 1. The zero-order chi connectivity index (χ0) is 12.7. The van der Waals surface area contributed by atoms with E-state index in [-0.39, 0.29) is 5.97 Å². The largest absolute Gasteiger partial charge is 0.468 e. The molecule has 3 heterocycles. The van der Waals surface area contributed by atoms with Crippen molar-refractivity contribution in [2.24, 2.45) is 23.5 Å². The number of piperidine rings is 3. The summed E-state index contributed by atoms with van der Waals surface area (Å²) in [5.74, 6) is 2.17. The van der Waals surface area contributed by atoms with E-state index in [9.17, 15) is 4.79 Å². The first-order valence-electron chi connectivity index (χ1n) is 7.28. The molecule has 1 saturated carbocycles. The van der Waals surface area contributed by atoms with Gasteiger partial charge in [0.05, 0.1) is 7.11 Å². The van der Waals surface area contributed by atoms with Crippen LogP contribution in [0.2, 0.25) is 0 Å². The summed E-state index contributed by atoms with van der Waals surface area (Å²) in [6, 6.07) is 0.272.